The fourth-order valence-corrected chi connectivity index (χ4v) is 1.96. The summed E-state index contributed by atoms with van der Waals surface area (Å²) in [5, 5.41) is 11.1. The number of benzene rings is 1. The first-order valence-corrected chi connectivity index (χ1v) is 5.98. The zero-order valence-electron chi connectivity index (χ0n) is 11.5. The highest BCUT2D eigenvalue weighted by molar-refractivity contribution is 5.32. The van der Waals surface area contributed by atoms with E-state index in [1.54, 1.807) is 19.2 Å². The number of rotatable bonds is 7. The van der Waals surface area contributed by atoms with Crippen LogP contribution in [0.4, 0.5) is 0 Å². The van der Waals surface area contributed by atoms with Gasteiger partial charge in [0.2, 0.25) is 0 Å². The van der Waals surface area contributed by atoms with E-state index in [1.165, 1.54) is 7.11 Å². The minimum atomic E-state index is -0.876. The van der Waals surface area contributed by atoms with Crippen LogP contribution in [0.3, 0.4) is 0 Å². The first kappa shape index (κ1) is 15.6. The summed E-state index contributed by atoms with van der Waals surface area (Å²) < 4.78 is 9.92. The average molecular weight is 268 g/mol. The highest BCUT2D eigenvalue weighted by Crippen LogP contribution is 2.23. The summed E-state index contributed by atoms with van der Waals surface area (Å²) in [6.45, 7) is 2.29. The summed E-state index contributed by atoms with van der Waals surface area (Å²) in [7, 11) is 3.02. The van der Waals surface area contributed by atoms with Gasteiger partial charge in [-0.3, -0.25) is 10.1 Å². The Balaban J connectivity index is 3.10. The van der Waals surface area contributed by atoms with Crippen molar-refractivity contribution in [3.63, 3.8) is 0 Å². The van der Waals surface area contributed by atoms with Gasteiger partial charge in [-0.05, 0) is 24.6 Å². The molecule has 0 aliphatic carbocycles. The van der Waals surface area contributed by atoms with E-state index >= 15 is 0 Å². The van der Waals surface area contributed by atoms with E-state index in [4.69, 9.17) is 15.2 Å². The van der Waals surface area contributed by atoms with Gasteiger partial charge in [0.25, 0.3) is 6.04 Å². The second kappa shape index (κ2) is 7.18. The number of nitrogens with zero attached hydrogens (tertiary/aromatic N) is 1. The predicted molar refractivity (Wildman–Crippen MR) is 71.6 cm³/mol. The molecule has 1 aromatic carbocycles. The molecule has 0 saturated heterocycles. The van der Waals surface area contributed by atoms with E-state index in [-0.39, 0.29) is 17.6 Å². The summed E-state index contributed by atoms with van der Waals surface area (Å²) in [5.74, 6) is 0. The molecule has 1 aromatic rings. The van der Waals surface area contributed by atoms with Gasteiger partial charge >= 0.3 is 0 Å². The topological polar surface area (TPSA) is 87.6 Å². The molecule has 19 heavy (non-hydrogen) atoms. The van der Waals surface area contributed by atoms with Crippen LogP contribution in [-0.2, 0) is 9.47 Å². The average Bonchev–Trinajstić information content (AvgIpc) is 2.35. The lowest BCUT2D eigenvalue weighted by molar-refractivity contribution is -0.532. The van der Waals surface area contributed by atoms with E-state index < -0.39 is 6.04 Å². The Morgan fingerprint density at radius 3 is 2.32 bits per heavy atom. The molecular weight excluding hydrogens is 248 g/mol. The number of hydrogen-bond acceptors (Lipinski definition) is 5. The van der Waals surface area contributed by atoms with Gasteiger partial charge < -0.3 is 15.2 Å². The van der Waals surface area contributed by atoms with Crippen LogP contribution in [0.5, 0.6) is 0 Å². The van der Waals surface area contributed by atoms with Crippen LogP contribution in [0.1, 0.15) is 28.8 Å². The number of hydrogen-bond donors (Lipinski definition) is 1. The highest BCUT2D eigenvalue weighted by atomic mass is 16.6. The molecule has 0 spiro atoms. The first-order chi connectivity index (χ1) is 8.99. The Hall–Kier alpha value is -1.50. The van der Waals surface area contributed by atoms with E-state index in [9.17, 15) is 10.1 Å². The van der Waals surface area contributed by atoms with E-state index in [2.05, 4.69) is 0 Å². The molecule has 2 unspecified atom stereocenters. The molecule has 0 radical (unpaired) electrons. The molecule has 0 aromatic heterocycles. The Morgan fingerprint density at radius 1 is 1.21 bits per heavy atom. The lowest BCUT2D eigenvalue weighted by atomic mass is 9.98. The normalized spacial score (nSPS) is 14.1. The third kappa shape index (κ3) is 4.27. The van der Waals surface area contributed by atoms with Crippen molar-refractivity contribution in [3.05, 3.63) is 45.0 Å². The molecule has 0 fully saturated rings. The Kier molecular flexibility index (Phi) is 5.88. The van der Waals surface area contributed by atoms with Crippen molar-refractivity contribution >= 4 is 0 Å². The molecule has 6 heteroatoms. The summed E-state index contributed by atoms with van der Waals surface area (Å²) in [4.78, 5) is 10.7. The Labute approximate surface area is 112 Å². The van der Waals surface area contributed by atoms with Crippen LogP contribution >= 0.6 is 0 Å². The maximum absolute atomic E-state index is 11.1. The van der Waals surface area contributed by atoms with Crippen LogP contribution < -0.4 is 5.73 Å². The number of methoxy groups -OCH3 is 2. The molecule has 106 valence electrons. The third-order valence-electron chi connectivity index (χ3n) is 2.86. The molecule has 0 bridgehead atoms. The van der Waals surface area contributed by atoms with Crippen LogP contribution in [0.15, 0.2) is 18.2 Å². The summed E-state index contributed by atoms with van der Waals surface area (Å²) in [6.07, 6.45) is 0. The van der Waals surface area contributed by atoms with E-state index in [1.807, 2.05) is 13.0 Å². The largest absolute Gasteiger partial charge is 0.383 e. The quantitative estimate of drug-likeness (QED) is 0.599. The van der Waals surface area contributed by atoms with Gasteiger partial charge in [0.15, 0.2) is 0 Å². The van der Waals surface area contributed by atoms with Gasteiger partial charge in [0, 0.05) is 24.7 Å². The van der Waals surface area contributed by atoms with Gasteiger partial charge in [-0.25, -0.2) is 0 Å². The number of nitrogens with two attached hydrogens (primary N) is 1. The van der Waals surface area contributed by atoms with Gasteiger partial charge in [-0.1, -0.05) is 11.6 Å². The fraction of sp³-hybridized carbons (Fsp3) is 0.538. The maximum Gasteiger partial charge on any atom is 0.261 e. The SMILES string of the molecule is COCC(N)c1cc(C)cc(C(COC)[N+](=O)[O-])c1. The number of nitro groups is 1. The third-order valence-corrected chi connectivity index (χ3v) is 2.86. The van der Waals surface area contributed by atoms with Crippen molar-refractivity contribution in [2.75, 3.05) is 27.4 Å². The van der Waals surface area contributed by atoms with Gasteiger partial charge in [0.1, 0.15) is 6.61 Å². The molecule has 0 aliphatic rings. The molecule has 0 saturated carbocycles. The molecule has 0 amide bonds. The predicted octanol–water partition coefficient (Wildman–Crippen LogP) is 1.61. The van der Waals surface area contributed by atoms with Crippen molar-refractivity contribution in [1.29, 1.82) is 0 Å². The standard InChI is InChI=1S/C13H20N2O4/c1-9-4-10(12(14)7-18-2)6-11(5-9)13(8-19-3)15(16)17/h4-6,12-13H,7-8,14H2,1-3H3. The van der Waals surface area contributed by atoms with E-state index in [0.717, 1.165) is 11.1 Å². The number of aryl methyl sites for hydroxylation is 1. The van der Waals surface area contributed by atoms with Gasteiger partial charge in [0.05, 0.1) is 12.6 Å². The molecule has 0 heterocycles. The minimum Gasteiger partial charge on any atom is -0.383 e. The monoisotopic (exact) mass is 268 g/mol. The highest BCUT2D eigenvalue weighted by Gasteiger charge is 2.24. The maximum atomic E-state index is 11.1. The zero-order valence-corrected chi connectivity index (χ0v) is 11.5. The second-order valence-electron chi connectivity index (χ2n) is 4.50. The molecule has 0 aliphatic heterocycles. The van der Waals surface area contributed by atoms with Gasteiger partial charge in [-0.15, -0.1) is 0 Å². The van der Waals surface area contributed by atoms with Crippen molar-refractivity contribution in [2.24, 2.45) is 5.73 Å². The molecule has 2 atom stereocenters. The molecule has 6 nitrogen and oxygen atoms in total. The molecular formula is C13H20N2O4. The summed E-state index contributed by atoms with van der Waals surface area (Å²) in [5.41, 5.74) is 8.34. The van der Waals surface area contributed by atoms with E-state index in [0.29, 0.717) is 12.2 Å². The van der Waals surface area contributed by atoms with Crippen LogP contribution in [0.2, 0.25) is 0 Å². The van der Waals surface area contributed by atoms with Crippen molar-refractivity contribution < 1.29 is 14.4 Å². The Bertz CT molecular complexity index is 437. The van der Waals surface area contributed by atoms with Crippen LogP contribution in [-0.4, -0.2) is 32.4 Å². The molecule has 2 N–H and O–H groups in total. The summed E-state index contributed by atoms with van der Waals surface area (Å²) >= 11 is 0. The van der Waals surface area contributed by atoms with Crippen LogP contribution in [0, 0.1) is 17.0 Å². The minimum absolute atomic E-state index is 0.0371. The zero-order chi connectivity index (χ0) is 14.4. The van der Waals surface area contributed by atoms with Crippen molar-refractivity contribution in [3.8, 4) is 0 Å². The fourth-order valence-electron chi connectivity index (χ4n) is 1.96. The summed E-state index contributed by atoms with van der Waals surface area (Å²) in [6, 6.07) is 4.28. The first-order valence-electron chi connectivity index (χ1n) is 5.98. The Morgan fingerprint density at radius 2 is 1.79 bits per heavy atom. The number of ether oxygens (including phenoxy) is 2. The molecule has 1 rings (SSSR count). The lowest BCUT2D eigenvalue weighted by Gasteiger charge is -2.15. The second-order valence-corrected chi connectivity index (χ2v) is 4.50. The smallest absolute Gasteiger partial charge is 0.261 e. The van der Waals surface area contributed by atoms with Gasteiger partial charge in [-0.2, -0.15) is 0 Å². The lowest BCUT2D eigenvalue weighted by Crippen LogP contribution is -2.19. The van der Waals surface area contributed by atoms with Crippen molar-refractivity contribution in [2.45, 2.75) is 19.0 Å². The van der Waals surface area contributed by atoms with Crippen LogP contribution in [0.25, 0.3) is 0 Å². The van der Waals surface area contributed by atoms with Crippen molar-refractivity contribution in [1.82, 2.24) is 0 Å².